The van der Waals surface area contributed by atoms with Crippen LogP contribution in [0.25, 0.3) is 10.9 Å². The average molecular weight is 316 g/mol. The molecular weight excluding hydrogens is 292 g/mol. The third-order valence-corrected chi connectivity index (χ3v) is 4.17. The number of carbonyl (C=O) groups is 1. The summed E-state index contributed by atoms with van der Waals surface area (Å²) in [6.45, 7) is 7.40. The summed E-state index contributed by atoms with van der Waals surface area (Å²) in [5, 5.41) is 0.910. The number of rotatable bonds is 5. The van der Waals surface area contributed by atoms with Gasteiger partial charge in [0.15, 0.2) is 0 Å². The highest BCUT2D eigenvalue weighted by atomic mass is 16.5. The van der Waals surface area contributed by atoms with E-state index in [0.29, 0.717) is 12.3 Å². The van der Waals surface area contributed by atoms with Crippen molar-refractivity contribution in [2.75, 3.05) is 20.2 Å². The quantitative estimate of drug-likeness (QED) is 0.920. The standard InChI is InChI=1S/C18H24N2O3/c1-5-7-20(4)18(21)14-10-13-15(22-6-2)9-12-8-11(3)23-17(12)16(13)19-14/h9-11,19H,5-8H2,1-4H3/t11-/m1/s1. The summed E-state index contributed by atoms with van der Waals surface area (Å²) in [5.41, 5.74) is 2.58. The minimum atomic E-state index is -0.00899. The maximum absolute atomic E-state index is 12.6. The molecule has 124 valence electrons. The third kappa shape index (κ3) is 2.76. The van der Waals surface area contributed by atoms with Crippen LogP contribution < -0.4 is 9.47 Å². The van der Waals surface area contributed by atoms with Crippen molar-refractivity contribution >= 4 is 16.8 Å². The van der Waals surface area contributed by atoms with Gasteiger partial charge < -0.3 is 19.4 Å². The monoisotopic (exact) mass is 316 g/mol. The van der Waals surface area contributed by atoms with Gasteiger partial charge in [-0.3, -0.25) is 4.79 Å². The largest absolute Gasteiger partial charge is 0.493 e. The zero-order valence-corrected chi connectivity index (χ0v) is 14.2. The summed E-state index contributed by atoms with van der Waals surface area (Å²) < 4.78 is 11.7. The van der Waals surface area contributed by atoms with E-state index < -0.39 is 0 Å². The number of nitrogens with one attached hydrogen (secondary N) is 1. The second-order valence-corrected chi connectivity index (χ2v) is 6.13. The van der Waals surface area contributed by atoms with E-state index in [4.69, 9.17) is 9.47 Å². The molecule has 1 aliphatic heterocycles. The van der Waals surface area contributed by atoms with Gasteiger partial charge in [-0.2, -0.15) is 0 Å². The zero-order chi connectivity index (χ0) is 16.6. The number of H-pyrrole nitrogens is 1. The summed E-state index contributed by atoms with van der Waals surface area (Å²) in [6.07, 6.45) is 1.95. The summed E-state index contributed by atoms with van der Waals surface area (Å²) in [5.74, 6) is 1.66. The molecule has 1 aromatic heterocycles. The van der Waals surface area contributed by atoms with Crippen molar-refractivity contribution in [1.82, 2.24) is 9.88 Å². The third-order valence-electron chi connectivity index (χ3n) is 4.17. The van der Waals surface area contributed by atoms with Crippen LogP contribution in [0, 0.1) is 0 Å². The Morgan fingerprint density at radius 2 is 2.22 bits per heavy atom. The van der Waals surface area contributed by atoms with Crippen molar-refractivity contribution in [2.24, 2.45) is 0 Å². The van der Waals surface area contributed by atoms with Crippen LogP contribution in [0.1, 0.15) is 43.2 Å². The van der Waals surface area contributed by atoms with Crippen LogP contribution in [-0.4, -0.2) is 42.1 Å². The van der Waals surface area contributed by atoms with Gasteiger partial charge in [0.25, 0.3) is 5.91 Å². The molecule has 23 heavy (non-hydrogen) atoms. The van der Waals surface area contributed by atoms with Crippen LogP contribution >= 0.6 is 0 Å². The predicted octanol–water partition coefficient (Wildman–Crippen LogP) is 3.37. The molecule has 0 fully saturated rings. The highest BCUT2D eigenvalue weighted by molar-refractivity contribution is 6.02. The summed E-state index contributed by atoms with van der Waals surface area (Å²) in [7, 11) is 1.82. The first-order valence-electron chi connectivity index (χ1n) is 8.28. The second kappa shape index (κ2) is 6.14. The van der Waals surface area contributed by atoms with Crippen LogP contribution in [0.3, 0.4) is 0 Å². The first-order chi connectivity index (χ1) is 11.0. The lowest BCUT2D eigenvalue weighted by Gasteiger charge is -2.14. The van der Waals surface area contributed by atoms with E-state index in [1.165, 1.54) is 0 Å². The molecule has 0 aliphatic carbocycles. The highest BCUT2D eigenvalue weighted by Gasteiger charge is 2.26. The summed E-state index contributed by atoms with van der Waals surface area (Å²) >= 11 is 0. The number of amides is 1. The normalized spacial score (nSPS) is 16.3. The molecular formula is C18H24N2O3. The van der Waals surface area contributed by atoms with Gasteiger partial charge >= 0.3 is 0 Å². The maximum Gasteiger partial charge on any atom is 0.270 e. The van der Waals surface area contributed by atoms with E-state index in [9.17, 15) is 4.79 Å². The van der Waals surface area contributed by atoms with Gasteiger partial charge in [0.1, 0.15) is 23.3 Å². The van der Waals surface area contributed by atoms with Crippen LogP contribution in [0.15, 0.2) is 12.1 Å². The van der Waals surface area contributed by atoms with Crippen LogP contribution in [-0.2, 0) is 6.42 Å². The van der Waals surface area contributed by atoms with E-state index in [-0.39, 0.29) is 12.0 Å². The molecule has 1 N–H and O–H groups in total. The molecule has 5 nitrogen and oxygen atoms in total. The van der Waals surface area contributed by atoms with Crippen molar-refractivity contribution in [3.8, 4) is 11.5 Å². The number of nitrogens with zero attached hydrogens (tertiary/aromatic N) is 1. The van der Waals surface area contributed by atoms with Gasteiger partial charge in [0.05, 0.1) is 12.1 Å². The zero-order valence-electron chi connectivity index (χ0n) is 14.2. The first kappa shape index (κ1) is 15.7. The Labute approximate surface area is 136 Å². The number of hydrogen-bond donors (Lipinski definition) is 1. The number of fused-ring (bicyclic) bond motifs is 3. The van der Waals surface area contributed by atoms with E-state index in [0.717, 1.165) is 47.4 Å². The topological polar surface area (TPSA) is 54.6 Å². The Bertz CT molecular complexity index is 735. The van der Waals surface area contributed by atoms with E-state index in [1.54, 1.807) is 4.90 Å². The van der Waals surface area contributed by atoms with Gasteiger partial charge in [-0.05, 0) is 32.4 Å². The molecule has 1 atom stereocenters. The van der Waals surface area contributed by atoms with E-state index in [1.807, 2.05) is 26.1 Å². The Hall–Kier alpha value is -2.17. The van der Waals surface area contributed by atoms with Crippen molar-refractivity contribution in [2.45, 2.75) is 39.7 Å². The minimum absolute atomic E-state index is 0.00899. The molecule has 0 unspecified atom stereocenters. The van der Waals surface area contributed by atoms with Gasteiger partial charge in [0.2, 0.25) is 0 Å². The van der Waals surface area contributed by atoms with Crippen LogP contribution in [0.5, 0.6) is 11.5 Å². The predicted molar refractivity (Wildman–Crippen MR) is 90.5 cm³/mol. The molecule has 1 amide bonds. The number of benzene rings is 1. The average Bonchev–Trinajstić information content (AvgIpc) is 3.10. The lowest BCUT2D eigenvalue weighted by atomic mass is 10.1. The summed E-state index contributed by atoms with van der Waals surface area (Å²) in [4.78, 5) is 17.5. The first-order valence-corrected chi connectivity index (χ1v) is 8.28. The lowest BCUT2D eigenvalue weighted by Crippen LogP contribution is -2.27. The molecule has 0 saturated heterocycles. The van der Waals surface area contributed by atoms with Crippen molar-refractivity contribution in [3.05, 3.63) is 23.4 Å². The minimum Gasteiger partial charge on any atom is -0.493 e. The number of aromatic nitrogens is 1. The number of ether oxygens (including phenoxy) is 2. The SMILES string of the molecule is CCCN(C)C(=O)c1cc2c(OCC)cc3c(c2[nH]1)O[C@H](C)C3. The lowest BCUT2D eigenvalue weighted by molar-refractivity contribution is 0.0790. The van der Waals surface area contributed by atoms with Gasteiger partial charge in [-0.15, -0.1) is 0 Å². The molecule has 0 bridgehead atoms. The molecule has 3 rings (SSSR count). The van der Waals surface area contributed by atoms with Gasteiger partial charge in [0, 0.05) is 31.0 Å². The van der Waals surface area contributed by atoms with Crippen LogP contribution in [0.4, 0.5) is 0 Å². The van der Waals surface area contributed by atoms with E-state index >= 15 is 0 Å². The smallest absolute Gasteiger partial charge is 0.270 e. The molecule has 1 aliphatic rings. The fourth-order valence-electron chi connectivity index (χ4n) is 3.16. The summed E-state index contributed by atoms with van der Waals surface area (Å²) in [6, 6.07) is 3.92. The molecule has 5 heteroatoms. The number of aromatic amines is 1. The molecule has 0 saturated carbocycles. The molecule has 1 aromatic carbocycles. The van der Waals surface area contributed by atoms with E-state index in [2.05, 4.69) is 18.8 Å². The second-order valence-electron chi connectivity index (χ2n) is 6.13. The highest BCUT2D eigenvalue weighted by Crippen LogP contribution is 2.41. The van der Waals surface area contributed by atoms with Gasteiger partial charge in [-0.25, -0.2) is 0 Å². The number of hydrogen-bond acceptors (Lipinski definition) is 3. The van der Waals surface area contributed by atoms with Crippen molar-refractivity contribution in [1.29, 1.82) is 0 Å². The fraction of sp³-hybridized carbons (Fsp3) is 0.500. The Balaban J connectivity index is 2.09. The Morgan fingerprint density at radius 3 is 2.91 bits per heavy atom. The maximum atomic E-state index is 12.6. The van der Waals surface area contributed by atoms with Crippen LogP contribution in [0.2, 0.25) is 0 Å². The molecule has 2 heterocycles. The Kier molecular flexibility index (Phi) is 4.20. The molecule has 0 radical (unpaired) electrons. The van der Waals surface area contributed by atoms with Crippen molar-refractivity contribution in [3.63, 3.8) is 0 Å². The fourth-order valence-corrected chi connectivity index (χ4v) is 3.16. The van der Waals surface area contributed by atoms with Crippen molar-refractivity contribution < 1.29 is 14.3 Å². The Morgan fingerprint density at radius 1 is 1.43 bits per heavy atom. The molecule has 2 aromatic rings. The number of carbonyl (C=O) groups excluding carboxylic acids is 1. The molecule has 0 spiro atoms. The van der Waals surface area contributed by atoms with Gasteiger partial charge in [-0.1, -0.05) is 6.92 Å².